The Hall–Kier alpha value is -2.24. The van der Waals surface area contributed by atoms with Crippen molar-refractivity contribution in [1.29, 1.82) is 0 Å². The molecule has 0 atom stereocenters. The molecule has 0 spiro atoms. The SMILES string of the molecule is CC(C)C(=O)N1CCN(C(=O)c2ccc3c(c2O)OC(C)(C)C3)CC1. The summed E-state index contributed by atoms with van der Waals surface area (Å²) < 4.78 is 5.80. The molecule has 6 nitrogen and oxygen atoms in total. The average molecular weight is 346 g/mol. The summed E-state index contributed by atoms with van der Waals surface area (Å²) in [6, 6.07) is 3.53. The Bertz CT molecular complexity index is 704. The molecule has 2 aliphatic heterocycles. The van der Waals surface area contributed by atoms with Gasteiger partial charge in [-0.15, -0.1) is 0 Å². The van der Waals surface area contributed by atoms with Crippen molar-refractivity contribution in [2.45, 2.75) is 39.7 Å². The van der Waals surface area contributed by atoms with E-state index in [1.807, 2.05) is 33.8 Å². The number of amides is 2. The van der Waals surface area contributed by atoms with Crippen molar-refractivity contribution in [3.63, 3.8) is 0 Å². The summed E-state index contributed by atoms with van der Waals surface area (Å²) in [4.78, 5) is 28.3. The first kappa shape index (κ1) is 17.6. The Balaban J connectivity index is 1.73. The lowest BCUT2D eigenvalue weighted by molar-refractivity contribution is -0.135. The van der Waals surface area contributed by atoms with E-state index in [1.165, 1.54) is 0 Å². The second-order valence-electron chi connectivity index (χ2n) is 7.76. The predicted molar refractivity (Wildman–Crippen MR) is 93.8 cm³/mol. The normalized spacial score (nSPS) is 18.9. The molecule has 1 fully saturated rings. The van der Waals surface area contributed by atoms with Crippen molar-refractivity contribution in [3.05, 3.63) is 23.3 Å². The van der Waals surface area contributed by atoms with E-state index in [9.17, 15) is 14.7 Å². The van der Waals surface area contributed by atoms with Crippen LogP contribution in [0.3, 0.4) is 0 Å². The van der Waals surface area contributed by atoms with Crippen LogP contribution in [0.25, 0.3) is 0 Å². The Morgan fingerprint density at radius 2 is 1.72 bits per heavy atom. The zero-order valence-electron chi connectivity index (χ0n) is 15.3. The number of hydrogen-bond acceptors (Lipinski definition) is 4. The minimum absolute atomic E-state index is 0.0384. The Labute approximate surface area is 148 Å². The number of piperazine rings is 1. The number of phenolic OH excluding ortho intramolecular Hbond substituents is 1. The van der Waals surface area contributed by atoms with Gasteiger partial charge in [0.2, 0.25) is 5.91 Å². The molecule has 136 valence electrons. The number of carbonyl (C=O) groups is 2. The molecule has 1 N–H and O–H groups in total. The van der Waals surface area contributed by atoms with Gasteiger partial charge in [-0.25, -0.2) is 0 Å². The van der Waals surface area contributed by atoms with Crippen molar-refractivity contribution in [2.24, 2.45) is 5.92 Å². The van der Waals surface area contributed by atoms with Crippen LogP contribution in [-0.2, 0) is 11.2 Å². The molecule has 25 heavy (non-hydrogen) atoms. The third-order valence-corrected chi connectivity index (χ3v) is 4.81. The molecule has 0 saturated carbocycles. The largest absolute Gasteiger partial charge is 0.504 e. The summed E-state index contributed by atoms with van der Waals surface area (Å²) in [6.07, 6.45) is 0.709. The van der Waals surface area contributed by atoms with E-state index in [0.717, 1.165) is 5.56 Å². The van der Waals surface area contributed by atoms with Gasteiger partial charge in [-0.3, -0.25) is 9.59 Å². The van der Waals surface area contributed by atoms with E-state index < -0.39 is 0 Å². The van der Waals surface area contributed by atoms with Gasteiger partial charge in [0, 0.05) is 44.1 Å². The third-order valence-electron chi connectivity index (χ3n) is 4.81. The van der Waals surface area contributed by atoms with Gasteiger partial charge < -0.3 is 19.6 Å². The number of phenols is 1. The van der Waals surface area contributed by atoms with Crippen LogP contribution in [-0.4, -0.2) is 58.5 Å². The van der Waals surface area contributed by atoms with Gasteiger partial charge in [-0.2, -0.15) is 0 Å². The smallest absolute Gasteiger partial charge is 0.257 e. The van der Waals surface area contributed by atoms with E-state index in [4.69, 9.17) is 4.74 Å². The highest BCUT2D eigenvalue weighted by Crippen LogP contribution is 2.43. The third kappa shape index (κ3) is 3.30. The van der Waals surface area contributed by atoms with Gasteiger partial charge >= 0.3 is 0 Å². The molecule has 1 saturated heterocycles. The van der Waals surface area contributed by atoms with Crippen LogP contribution < -0.4 is 4.74 Å². The molecule has 2 amide bonds. The van der Waals surface area contributed by atoms with E-state index in [-0.39, 0.29) is 34.6 Å². The molecular formula is C19H26N2O4. The van der Waals surface area contributed by atoms with Crippen molar-refractivity contribution in [3.8, 4) is 11.5 Å². The highest BCUT2D eigenvalue weighted by atomic mass is 16.5. The second-order valence-corrected chi connectivity index (χ2v) is 7.76. The molecule has 1 aromatic carbocycles. The topological polar surface area (TPSA) is 70.1 Å². The zero-order chi connectivity index (χ0) is 18.4. The van der Waals surface area contributed by atoms with Crippen LogP contribution in [0.5, 0.6) is 11.5 Å². The zero-order valence-corrected chi connectivity index (χ0v) is 15.3. The molecule has 3 rings (SSSR count). The van der Waals surface area contributed by atoms with Crippen LogP contribution in [0, 0.1) is 5.92 Å². The van der Waals surface area contributed by atoms with Crippen molar-refractivity contribution < 1.29 is 19.4 Å². The molecule has 0 aromatic heterocycles. The van der Waals surface area contributed by atoms with Gasteiger partial charge in [-0.1, -0.05) is 19.9 Å². The Morgan fingerprint density at radius 1 is 1.12 bits per heavy atom. The number of rotatable bonds is 2. The summed E-state index contributed by atoms with van der Waals surface area (Å²) in [6.45, 7) is 9.67. The maximum Gasteiger partial charge on any atom is 0.257 e. The molecule has 6 heteroatoms. The predicted octanol–water partition coefficient (Wildman–Crippen LogP) is 2.05. The maximum atomic E-state index is 12.8. The fraction of sp³-hybridized carbons (Fsp3) is 0.579. The molecule has 0 aliphatic carbocycles. The molecule has 0 unspecified atom stereocenters. The minimum Gasteiger partial charge on any atom is -0.504 e. The van der Waals surface area contributed by atoms with Crippen LogP contribution in [0.4, 0.5) is 0 Å². The van der Waals surface area contributed by atoms with Crippen LogP contribution in [0.1, 0.15) is 43.6 Å². The summed E-state index contributed by atoms with van der Waals surface area (Å²) in [7, 11) is 0. The maximum absolute atomic E-state index is 12.8. The quantitative estimate of drug-likeness (QED) is 0.890. The molecule has 2 aliphatic rings. The van der Waals surface area contributed by atoms with E-state index in [1.54, 1.807) is 15.9 Å². The standard InChI is InChI=1S/C19H26N2O4/c1-12(2)17(23)20-7-9-21(10-8-20)18(24)14-6-5-13-11-19(3,4)25-16(13)15(14)22/h5-6,12,22H,7-11H2,1-4H3. The monoisotopic (exact) mass is 346 g/mol. The lowest BCUT2D eigenvalue weighted by Crippen LogP contribution is -2.51. The first-order valence-corrected chi connectivity index (χ1v) is 8.81. The average Bonchev–Trinajstić information content (AvgIpc) is 2.89. The lowest BCUT2D eigenvalue weighted by Gasteiger charge is -2.35. The fourth-order valence-electron chi connectivity index (χ4n) is 3.48. The highest BCUT2D eigenvalue weighted by Gasteiger charge is 2.35. The van der Waals surface area contributed by atoms with E-state index in [0.29, 0.717) is 38.3 Å². The van der Waals surface area contributed by atoms with Crippen LogP contribution in [0.2, 0.25) is 0 Å². The van der Waals surface area contributed by atoms with Gasteiger partial charge in [0.05, 0.1) is 5.56 Å². The number of hydrogen-bond donors (Lipinski definition) is 1. The number of carbonyl (C=O) groups excluding carboxylic acids is 2. The first-order chi connectivity index (χ1) is 11.7. The molecular weight excluding hydrogens is 320 g/mol. The Morgan fingerprint density at radius 3 is 2.32 bits per heavy atom. The summed E-state index contributed by atoms with van der Waals surface area (Å²) in [5.74, 6) is 0.204. The van der Waals surface area contributed by atoms with Gasteiger partial charge in [0.15, 0.2) is 11.5 Å². The molecule has 0 radical (unpaired) electrons. The number of ether oxygens (including phenoxy) is 1. The molecule has 2 heterocycles. The van der Waals surface area contributed by atoms with E-state index in [2.05, 4.69) is 0 Å². The van der Waals surface area contributed by atoms with Crippen LogP contribution in [0.15, 0.2) is 12.1 Å². The van der Waals surface area contributed by atoms with Gasteiger partial charge in [0.25, 0.3) is 5.91 Å². The van der Waals surface area contributed by atoms with Crippen molar-refractivity contribution in [2.75, 3.05) is 26.2 Å². The molecule has 1 aromatic rings. The second kappa shape index (κ2) is 6.24. The lowest BCUT2D eigenvalue weighted by atomic mass is 10.00. The summed E-state index contributed by atoms with van der Waals surface area (Å²) >= 11 is 0. The summed E-state index contributed by atoms with van der Waals surface area (Å²) in [5.41, 5.74) is 0.816. The molecule has 0 bridgehead atoms. The number of nitrogens with zero attached hydrogens (tertiary/aromatic N) is 2. The first-order valence-electron chi connectivity index (χ1n) is 8.81. The fourth-order valence-corrected chi connectivity index (χ4v) is 3.48. The summed E-state index contributed by atoms with van der Waals surface area (Å²) in [5, 5.41) is 10.5. The number of fused-ring (bicyclic) bond motifs is 1. The number of aromatic hydroxyl groups is 1. The van der Waals surface area contributed by atoms with Gasteiger partial charge in [0.1, 0.15) is 5.60 Å². The van der Waals surface area contributed by atoms with Gasteiger partial charge in [-0.05, 0) is 19.9 Å². The van der Waals surface area contributed by atoms with Crippen molar-refractivity contribution in [1.82, 2.24) is 9.80 Å². The van der Waals surface area contributed by atoms with E-state index >= 15 is 0 Å². The van der Waals surface area contributed by atoms with Crippen molar-refractivity contribution >= 4 is 11.8 Å². The number of benzene rings is 1. The minimum atomic E-state index is -0.371. The van der Waals surface area contributed by atoms with Crippen LogP contribution >= 0.6 is 0 Å². The highest BCUT2D eigenvalue weighted by molar-refractivity contribution is 5.98. The Kier molecular flexibility index (Phi) is 4.39.